The number of nitrogens with zero attached hydrogens (tertiary/aromatic N) is 4. The molecule has 7 nitrogen and oxygen atoms in total. The molecule has 3 aromatic rings. The van der Waals surface area contributed by atoms with Gasteiger partial charge in [-0.2, -0.15) is 0 Å². The predicted octanol–water partition coefficient (Wildman–Crippen LogP) is 1.82. The van der Waals surface area contributed by atoms with Gasteiger partial charge in [0.2, 0.25) is 0 Å². The Morgan fingerprint density at radius 2 is 2.04 bits per heavy atom. The highest BCUT2D eigenvalue weighted by Crippen LogP contribution is 2.14. The molecule has 0 saturated carbocycles. The van der Waals surface area contributed by atoms with E-state index in [-0.39, 0.29) is 18.3 Å². The number of tetrazole rings is 1. The van der Waals surface area contributed by atoms with Gasteiger partial charge in [-0.25, -0.2) is 9.07 Å². The maximum atomic E-state index is 12.8. The molecule has 2 aromatic carbocycles. The molecule has 0 aliphatic carbocycles. The van der Waals surface area contributed by atoms with Gasteiger partial charge in [-0.05, 0) is 52.9 Å². The van der Waals surface area contributed by atoms with Crippen LogP contribution in [0.5, 0.6) is 5.75 Å². The molecule has 0 unspecified atom stereocenters. The van der Waals surface area contributed by atoms with E-state index >= 15 is 0 Å². The second kappa shape index (κ2) is 6.65. The lowest BCUT2D eigenvalue weighted by Crippen LogP contribution is -2.20. The van der Waals surface area contributed by atoms with E-state index in [2.05, 4.69) is 20.8 Å². The second-order valence-electron chi connectivity index (χ2n) is 4.60. The number of nitrogens with one attached hydrogen (secondary N) is 1. The molecule has 0 saturated heterocycles. The monoisotopic (exact) mass is 313 g/mol. The Morgan fingerprint density at radius 1 is 1.22 bits per heavy atom. The van der Waals surface area contributed by atoms with Crippen molar-refractivity contribution in [1.82, 2.24) is 20.2 Å². The number of amides is 1. The van der Waals surface area contributed by atoms with E-state index < -0.39 is 0 Å². The number of carbonyl (C=O) groups excluding carboxylic acids is 1. The van der Waals surface area contributed by atoms with Crippen molar-refractivity contribution < 1.29 is 13.9 Å². The van der Waals surface area contributed by atoms with Crippen molar-refractivity contribution in [3.8, 4) is 11.4 Å². The summed E-state index contributed by atoms with van der Waals surface area (Å²) in [6, 6.07) is 12.5. The van der Waals surface area contributed by atoms with Gasteiger partial charge in [0.05, 0.1) is 5.69 Å². The summed E-state index contributed by atoms with van der Waals surface area (Å²) in [7, 11) is 0. The lowest BCUT2D eigenvalue weighted by atomic mass is 10.3. The van der Waals surface area contributed by atoms with E-state index in [1.807, 2.05) is 0 Å². The summed E-state index contributed by atoms with van der Waals surface area (Å²) in [4.78, 5) is 11.9. The molecule has 1 N–H and O–H groups in total. The van der Waals surface area contributed by atoms with Crippen molar-refractivity contribution in [2.45, 2.75) is 0 Å². The number of rotatable bonds is 5. The topological polar surface area (TPSA) is 81.9 Å². The number of hydrogen-bond acceptors (Lipinski definition) is 5. The number of aromatic nitrogens is 4. The van der Waals surface area contributed by atoms with Gasteiger partial charge in [0, 0.05) is 5.69 Å². The number of hydrogen-bond donors (Lipinski definition) is 1. The minimum Gasteiger partial charge on any atom is -0.484 e. The zero-order valence-corrected chi connectivity index (χ0v) is 11.9. The van der Waals surface area contributed by atoms with Gasteiger partial charge in [0.1, 0.15) is 17.9 Å². The third-order valence-corrected chi connectivity index (χ3v) is 2.93. The highest BCUT2D eigenvalue weighted by molar-refractivity contribution is 5.92. The van der Waals surface area contributed by atoms with Gasteiger partial charge in [-0.1, -0.05) is 6.07 Å². The second-order valence-corrected chi connectivity index (χ2v) is 4.60. The van der Waals surface area contributed by atoms with Crippen LogP contribution in [-0.2, 0) is 4.79 Å². The maximum Gasteiger partial charge on any atom is 0.262 e. The van der Waals surface area contributed by atoms with Gasteiger partial charge in [0.25, 0.3) is 5.91 Å². The molecular formula is C15H12FN5O2. The van der Waals surface area contributed by atoms with Crippen LogP contribution in [-0.4, -0.2) is 32.7 Å². The molecule has 116 valence electrons. The summed E-state index contributed by atoms with van der Waals surface area (Å²) in [6.07, 6.45) is 1.46. The third-order valence-electron chi connectivity index (χ3n) is 2.93. The summed E-state index contributed by atoms with van der Waals surface area (Å²) in [5.41, 5.74) is 1.30. The number of halogens is 1. The van der Waals surface area contributed by atoms with Crippen LogP contribution in [0.25, 0.3) is 5.69 Å². The minimum absolute atomic E-state index is 0.180. The molecule has 23 heavy (non-hydrogen) atoms. The Balaban J connectivity index is 1.59. The highest BCUT2D eigenvalue weighted by atomic mass is 19.1. The van der Waals surface area contributed by atoms with Gasteiger partial charge in [0.15, 0.2) is 6.61 Å². The van der Waals surface area contributed by atoms with Gasteiger partial charge >= 0.3 is 0 Å². The number of carbonyl (C=O) groups is 1. The molecule has 1 aromatic heterocycles. The fourth-order valence-corrected chi connectivity index (χ4v) is 1.88. The van der Waals surface area contributed by atoms with Crippen LogP contribution >= 0.6 is 0 Å². The Hall–Kier alpha value is -3.29. The molecule has 1 amide bonds. The Kier molecular flexibility index (Phi) is 4.23. The molecule has 0 aliphatic heterocycles. The lowest BCUT2D eigenvalue weighted by molar-refractivity contribution is -0.118. The third kappa shape index (κ3) is 3.88. The van der Waals surface area contributed by atoms with Gasteiger partial charge in [-0.3, -0.25) is 4.79 Å². The molecule has 8 heteroatoms. The lowest BCUT2D eigenvalue weighted by Gasteiger charge is -2.08. The Bertz CT molecular complexity index is 790. The van der Waals surface area contributed by atoms with Crippen LogP contribution in [0.15, 0.2) is 54.9 Å². The summed E-state index contributed by atoms with van der Waals surface area (Å²) in [6.45, 7) is -0.180. The first-order valence-electron chi connectivity index (χ1n) is 6.72. The normalized spacial score (nSPS) is 10.3. The molecule has 0 fully saturated rings. The number of benzene rings is 2. The SMILES string of the molecule is O=C(COc1ccc(F)cc1)Nc1cccc(-n2cnnn2)c1. The summed E-state index contributed by atoms with van der Waals surface area (Å²) in [5.74, 6) is -0.270. The van der Waals surface area contributed by atoms with Crippen LogP contribution in [0.1, 0.15) is 0 Å². The quantitative estimate of drug-likeness (QED) is 0.777. The van der Waals surface area contributed by atoms with Crippen molar-refractivity contribution in [3.05, 3.63) is 60.7 Å². The molecule has 0 radical (unpaired) electrons. The average Bonchev–Trinajstić information content (AvgIpc) is 3.09. The maximum absolute atomic E-state index is 12.8. The standard InChI is InChI=1S/C15H12FN5O2/c16-11-4-6-14(7-5-11)23-9-15(22)18-12-2-1-3-13(8-12)21-10-17-19-20-21/h1-8,10H,9H2,(H,18,22). The zero-order valence-electron chi connectivity index (χ0n) is 11.9. The van der Waals surface area contributed by atoms with E-state index in [9.17, 15) is 9.18 Å². The molecule has 3 rings (SSSR count). The predicted molar refractivity (Wildman–Crippen MR) is 79.7 cm³/mol. The Morgan fingerprint density at radius 3 is 2.78 bits per heavy atom. The van der Waals surface area contributed by atoms with Gasteiger partial charge in [-0.15, -0.1) is 5.10 Å². The molecule has 0 bridgehead atoms. The van der Waals surface area contributed by atoms with E-state index in [0.29, 0.717) is 17.1 Å². The van der Waals surface area contributed by atoms with Crippen LogP contribution in [0.4, 0.5) is 10.1 Å². The van der Waals surface area contributed by atoms with Crippen molar-refractivity contribution in [2.24, 2.45) is 0 Å². The van der Waals surface area contributed by atoms with Crippen molar-refractivity contribution in [1.29, 1.82) is 0 Å². The fourth-order valence-electron chi connectivity index (χ4n) is 1.88. The fraction of sp³-hybridized carbons (Fsp3) is 0.0667. The van der Waals surface area contributed by atoms with Crippen LogP contribution < -0.4 is 10.1 Å². The minimum atomic E-state index is -0.360. The smallest absolute Gasteiger partial charge is 0.262 e. The van der Waals surface area contributed by atoms with Crippen LogP contribution in [0, 0.1) is 5.82 Å². The first-order valence-corrected chi connectivity index (χ1v) is 6.72. The van der Waals surface area contributed by atoms with E-state index in [1.165, 1.54) is 35.3 Å². The zero-order chi connectivity index (χ0) is 16.1. The summed E-state index contributed by atoms with van der Waals surface area (Å²) >= 11 is 0. The number of ether oxygens (including phenoxy) is 1. The molecule has 1 heterocycles. The summed E-state index contributed by atoms with van der Waals surface area (Å²) in [5, 5.41) is 13.6. The van der Waals surface area contributed by atoms with Crippen LogP contribution in [0.2, 0.25) is 0 Å². The van der Waals surface area contributed by atoms with E-state index in [4.69, 9.17) is 4.74 Å². The first kappa shape index (κ1) is 14.6. The average molecular weight is 313 g/mol. The Labute approximate surface area is 130 Å². The molecule has 0 atom stereocenters. The van der Waals surface area contributed by atoms with Crippen molar-refractivity contribution >= 4 is 11.6 Å². The summed E-state index contributed by atoms with van der Waals surface area (Å²) < 4.78 is 19.5. The largest absolute Gasteiger partial charge is 0.484 e. The molecule has 0 spiro atoms. The first-order chi connectivity index (χ1) is 11.2. The van der Waals surface area contributed by atoms with Crippen LogP contribution in [0.3, 0.4) is 0 Å². The van der Waals surface area contributed by atoms with Crippen molar-refractivity contribution in [2.75, 3.05) is 11.9 Å². The number of anilines is 1. The molecule has 0 aliphatic rings. The van der Waals surface area contributed by atoms with E-state index in [1.54, 1.807) is 24.3 Å². The highest BCUT2D eigenvalue weighted by Gasteiger charge is 2.06. The van der Waals surface area contributed by atoms with E-state index in [0.717, 1.165) is 0 Å². The van der Waals surface area contributed by atoms with Crippen molar-refractivity contribution in [3.63, 3.8) is 0 Å². The van der Waals surface area contributed by atoms with Gasteiger partial charge < -0.3 is 10.1 Å². The molecular weight excluding hydrogens is 301 g/mol.